The summed E-state index contributed by atoms with van der Waals surface area (Å²) in [7, 11) is 1.97. The monoisotopic (exact) mass is 248 g/mol. The van der Waals surface area contributed by atoms with Gasteiger partial charge in [0.25, 0.3) is 0 Å². The predicted molar refractivity (Wildman–Crippen MR) is 75.8 cm³/mol. The molecule has 92 valence electrons. The Morgan fingerprint density at radius 2 is 1.89 bits per heavy atom. The number of fused-ring (bicyclic) bond motifs is 2. The smallest absolute Gasteiger partial charge is 0.101 e. The fraction of sp³-hybridized carbons (Fsp3) is 0.0667. The van der Waals surface area contributed by atoms with Crippen LogP contribution >= 0.6 is 0 Å². The van der Waals surface area contributed by atoms with E-state index in [1.54, 1.807) is 0 Å². The molecule has 0 radical (unpaired) electrons. The zero-order valence-corrected chi connectivity index (χ0v) is 10.5. The molecule has 0 fully saturated rings. The van der Waals surface area contributed by atoms with Gasteiger partial charge in [-0.05, 0) is 12.1 Å². The van der Waals surface area contributed by atoms with Gasteiger partial charge in [-0.1, -0.05) is 30.3 Å². The van der Waals surface area contributed by atoms with Crippen LogP contribution in [0.4, 0.5) is 0 Å². The summed E-state index contributed by atoms with van der Waals surface area (Å²) < 4.78 is 1.92. The van der Waals surface area contributed by atoms with Gasteiger partial charge in [0, 0.05) is 23.4 Å². The van der Waals surface area contributed by atoms with E-state index in [-0.39, 0.29) is 0 Å². The van der Waals surface area contributed by atoms with Gasteiger partial charge in [-0.3, -0.25) is 9.78 Å². The minimum atomic E-state index is 1.00. The van der Waals surface area contributed by atoms with Crippen molar-refractivity contribution in [2.45, 2.75) is 0 Å². The lowest BCUT2D eigenvalue weighted by Crippen LogP contribution is -1.89. The Kier molecular flexibility index (Phi) is 2.00. The number of nitrogens with one attached hydrogen (secondary N) is 1. The number of benzene rings is 2. The van der Waals surface area contributed by atoms with Crippen LogP contribution in [0, 0.1) is 0 Å². The van der Waals surface area contributed by atoms with Crippen LogP contribution in [0.2, 0.25) is 0 Å². The molecule has 0 aliphatic carbocycles. The maximum Gasteiger partial charge on any atom is 0.101 e. The molecule has 1 N–H and O–H groups in total. The lowest BCUT2D eigenvalue weighted by molar-refractivity contribution is 0.801. The van der Waals surface area contributed by atoms with E-state index in [0.717, 1.165) is 27.7 Å². The highest BCUT2D eigenvalue weighted by molar-refractivity contribution is 6.02. The number of hydrogen-bond acceptors (Lipinski definition) is 2. The highest BCUT2D eigenvalue weighted by atomic mass is 15.3. The molecule has 0 aliphatic heterocycles. The molecule has 2 aromatic heterocycles. The van der Waals surface area contributed by atoms with Gasteiger partial charge < -0.3 is 0 Å². The van der Waals surface area contributed by atoms with Crippen molar-refractivity contribution >= 4 is 21.8 Å². The maximum absolute atomic E-state index is 4.66. The molecule has 4 rings (SSSR count). The summed E-state index contributed by atoms with van der Waals surface area (Å²) in [6.45, 7) is 0. The molecule has 4 nitrogen and oxygen atoms in total. The standard InChI is InChI=1S/C15H12N4/c1-19-14-8-3-2-5-11(14)15(18-19)10-6-4-7-13-12(10)9-16-17-13/h2-9H,1H3,(H,16,17). The molecule has 4 heteroatoms. The number of rotatable bonds is 1. The molecular weight excluding hydrogens is 236 g/mol. The molecule has 0 aliphatic rings. The highest BCUT2D eigenvalue weighted by Gasteiger charge is 2.13. The molecule has 0 spiro atoms. The zero-order chi connectivity index (χ0) is 12.8. The van der Waals surface area contributed by atoms with E-state index in [0.29, 0.717) is 0 Å². The fourth-order valence-corrected chi connectivity index (χ4v) is 2.59. The van der Waals surface area contributed by atoms with E-state index in [9.17, 15) is 0 Å². The van der Waals surface area contributed by atoms with Crippen molar-refractivity contribution < 1.29 is 0 Å². The average Bonchev–Trinajstić information content (AvgIpc) is 3.04. The van der Waals surface area contributed by atoms with E-state index >= 15 is 0 Å². The van der Waals surface area contributed by atoms with Crippen LogP contribution < -0.4 is 0 Å². The molecule has 0 bridgehead atoms. The first-order valence-electron chi connectivity index (χ1n) is 6.19. The molecule has 0 saturated carbocycles. The van der Waals surface area contributed by atoms with Crippen molar-refractivity contribution in [1.82, 2.24) is 20.0 Å². The minimum Gasteiger partial charge on any atom is -0.278 e. The Hall–Kier alpha value is -2.62. The van der Waals surface area contributed by atoms with E-state index in [1.807, 2.05) is 42.2 Å². The molecule has 4 aromatic rings. The normalized spacial score (nSPS) is 11.4. The maximum atomic E-state index is 4.66. The number of para-hydroxylation sites is 1. The molecule has 0 atom stereocenters. The molecular formula is C15H12N4. The fourth-order valence-electron chi connectivity index (χ4n) is 2.59. The largest absolute Gasteiger partial charge is 0.278 e. The molecule has 19 heavy (non-hydrogen) atoms. The van der Waals surface area contributed by atoms with E-state index in [4.69, 9.17) is 0 Å². The quantitative estimate of drug-likeness (QED) is 0.562. The second kappa shape index (κ2) is 3.68. The van der Waals surface area contributed by atoms with Crippen molar-refractivity contribution in [2.75, 3.05) is 0 Å². The van der Waals surface area contributed by atoms with Gasteiger partial charge >= 0.3 is 0 Å². The first-order chi connectivity index (χ1) is 9.34. The average molecular weight is 248 g/mol. The lowest BCUT2D eigenvalue weighted by Gasteiger charge is -1.99. The third kappa shape index (κ3) is 1.40. The Labute approximate surface area is 109 Å². The summed E-state index contributed by atoms with van der Waals surface area (Å²) in [5, 5.41) is 14.0. The second-order valence-corrected chi connectivity index (χ2v) is 4.63. The Morgan fingerprint density at radius 3 is 2.84 bits per heavy atom. The second-order valence-electron chi connectivity index (χ2n) is 4.63. The van der Waals surface area contributed by atoms with Crippen molar-refractivity contribution in [2.24, 2.45) is 7.05 Å². The summed E-state index contributed by atoms with van der Waals surface area (Å²) >= 11 is 0. The molecule has 2 aromatic carbocycles. The topological polar surface area (TPSA) is 46.5 Å². The number of H-pyrrole nitrogens is 1. The summed E-state index contributed by atoms with van der Waals surface area (Å²) in [4.78, 5) is 0. The van der Waals surface area contributed by atoms with E-state index in [1.165, 1.54) is 5.39 Å². The van der Waals surface area contributed by atoms with Crippen molar-refractivity contribution in [1.29, 1.82) is 0 Å². The van der Waals surface area contributed by atoms with Crippen LogP contribution in [0.25, 0.3) is 33.1 Å². The van der Waals surface area contributed by atoms with Gasteiger partial charge in [0.05, 0.1) is 17.2 Å². The SMILES string of the molecule is Cn1nc(-c2cccc3[nH]ncc23)c2ccccc21. The van der Waals surface area contributed by atoms with Crippen molar-refractivity contribution in [3.05, 3.63) is 48.7 Å². The van der Waals surface area contributed by atoms with E-state index < -0.39 is 0 Å². The molecule has 0 saturated heterocycles. The number of aryl methyl sites for hydroxylation is 1. The third-order valence-corrected chi connectivity index (χ3v) is 3.50. The zero-order valence-electron chi connectivity index (χ0n) is 10.5. The van der Waals surface area contributed by atoms with Crippen LogP contribution in [-0.2, 0) is 7.05 Å². The number of aromatic nitrogens is 4. The predicted octanol–water partition coefficient (Wildman–Crippen LogP) is 3.12. The minimum absolute atomic E-state index is 1.00. The van der Waals surface area contributed by atoms with Gasteiger partial charge in [-0.2, -0.15) is 10.2 Å². The van der Waals surface area contributed by atoms with Crippen molar-refractivity contribution in [3.8, 4) is 11.3 Å². The summed E-state index contributed by atoms with van der Waals surface area (Å²) in [5.74, 6) is 0. The summed E-state index contributed by atoms with van der Waals surface area (Å²) in [6, 6.07) is 14.4. The molecule has 0 unspecified atom stereocenters. The third-order valence-electron chi connectivity index (χ3n) is 3.50. The van der Waals surface area contributed by atoms with E-state index in [2.05, 4.69) is 33.5 Å². The number of aromatic amines is 1. The first-order valence-corrected chi connectivity index (χ1v) is 6.19. The van der Waals surface area contributed by atoms with Crippen LogP contribution in [0.5, 0.6) is 0 Å². The van der Waals surface area contributed by atoms with Crippen LogP contribution in [0.15, 0.2) is 48.7 Å². The van der Waals surface area contributed by atoms with Gasteiger partial charge in [-0.25, -0.2) is 0 Å². The van der Waals surface area contributed by atoms with Crippen LogP contribution in [0.3, 0.4) is 0 Å². The summed E-state index contributed by atoms with van der Waals surface area (Å²) in [6.07, 6.45) is 1.86. The van der Waals surface area contributed by atoms with Gasteiger partial charge in [-0.15, -0.1) is 0 Å². The van der Waals surface area contributed by atoms with Gasteiger partial charge in [0.15, 0.2) is 0 Å². The van der Waals surface area contributed by atoms with Crippen LogP contribution in [-0.4, -0.2) is 20.0 Å². The summed E-state index contributed by atoms with van der Waals surface area (Å²) in [5.41, 5.74) is 4.29. The van der Waals surface area contributed by atoms with Crippen molar-refractivity contribution in [3.63, 3.8) is 0 Å². The molecule has 2 heterocycles. The number of nitrogens with zero attached hydrogens (tertiary/aromatic N) is 3. The Bertz CT molecular complexity index is 885. The van der Waals surface area contributed by atoms with Gasteiger partial charge in [0.2, 0.25) is 0 Å². The lowest BCUT2D eigenvalue weighted by atomic mass is 10.0. The molecule has 0 amide bonds. The van der Waals surface area contributed by atoms with Crippen LogP contribution in [0.1, 0.15) is 0 Å². The highest BCUT2D eigenvalue weighted by Crippen LogP contribution is 2.31. The van der Waals surface area contributed by atoms with Gasteiger partial charge in [0.1, 0.15) is 5.69 Å². The first kappa shape index (κ1) is 10.3. The Morgan fingerprint density at radius 1 is 1.00 bits per heavy atom. The Balaban J connectivity index is 2.12. The number of hydrogen-bond donors (Lipinski definition) is 1.